The van der Waals surface area contributed by atoms with Crippen LogP contribution in [-0.2, 0) is 11.3 Å². The molecule has 0 atom stereocenters. The van der Waals surface area contributed by atoms with Gasteiger partial charge in [0.25, 0.3) is 0 Å². The molecule has 1 rings (SSSR count). The summed E-state index contributed by atoms with van der Waals surface area (Å²) in [5.74, 6) is 1.34. The number of ether oxygens (including phenoxy) is 2. The summed E-state index contributed by atoms with van der Waals surface area (Å²) in [6.45, 7) is 7.84. The Morgan fingerprint density at radius 1 is 1.25 bits per heavy atom. The summed E-state index contributed by atoms with van der Waals surface area (Å²) < 4.78 is 10.7. The summed E-state index contributed by atoms with van der Waals surface area (Å²) in [7, 11) is 0. The van der Waals surface area contributed by atoms with Crippen LogP contribution in [-0.4, -0.2) is 26.4 Å². The van der Waals surface area contributed by atoms with Crippen molar-refractivity contribution in [3.63, 3.8) is 0 Å². The number of rotatable bonds is 10. The Morgan fingerprint density at radius 2 is 2.00 bits per heavy atom. The van der Waals surface area contributed by atoms with Crippen molar-refractivity contribution in [2.75, 3.05) is 26.4 Å². The Hall–Kier alpha value is -1.57. The minimum atomic E-state index is 0.0912. The van der Waals surface area contributed by atoms with Gasteiger partial charge in [-0.3, -0.25) is 0 Å². The molecule has 0 radical (unpaired) electrons. The first kappa shape index (κ1) is 16.5. The Kier molecular flexibility index (Phi) is 8.44. The summed E-state index contributed by atoms with van der Waals surface area (Å²) in [4.78, 5) is 0. The number of nitrogens with zero attached hydrogens (tertiary/aromatic N) is 1. The van der Waals surface area contributed by atoms with Crippen LogP contribution in [0, 0.1) is 17.2 Å². The first-order valence-electron chi connectivity index (χ1n) is 7.09. The van der Waals surface area contributed by atoms with Gasteiger partial charge in [-0.1, -0.05) is 26.0 Å². The van der Waals surface area contributed by atoms with E-state index in [-0.39, 0.29) is 6.61 Å². The summed E-state index contributed by atoms with van der Waals surface area (Å²) >= 11 is 0. The van der Waals surface area contributed by atoms with E-state index in [1.54, 1.807) is 0 Å². The molecular formula is C16H24N2O2. The molecule has 0 fully saturated rings. The third-order valence-corrected chi connectivity index (χ3v) is 2.65. The molecule has 0 amide bonds. The molecule has 0 aliphatic rings. The van der Waals surface area contributed by atoms with Gasteiger partial charge in [-0.2, -0.15) is 5.26 Å². The van der Waals surface area contributed by atoms with Crippen LogP contribution >= 0.6 is 0 Å². The summed E-state index contributed by atoms with van der Waals surface area (Å²) in [5, 5.41) is 11.8. The van der Waals surface area contributed by atoms with Crippen molar-refractivity contribution in [3.8, 4) is 11.8 Å². The molecule has 4 nitrogen and oxygen atoms in total. The van der Waals surface area contributed by atoms with Crippen LogP contribution in [0.4, 0.5) is 0 Å². The second-order valence-electron chi connectivity index (χ2n) is 5.09. The van der Waals surface area contributed by atoms with E-state index in [4.69, 9.17) is 14.7 Å². The maximum absolute atomic E-state index is 8.42. The van der Waals surface area contributed by atoms with Gasteiger partial charge in [0.2, 0.25) is 0 Å². The van der Waals surface area contributed by atoms with E-state index < -0.39 is 0 Å². The van der Waals surface area contributed by atoms with E-state index in [0.29, 0.717) is 5.92 Å². The summed E-state index contributed by atoms with van der Waals surface area (Å²) in [6, 6.07) is 9.75. The maximum Gasteiger partial charge on any atom is 0.174 e. The predicted octanol–water partition coefficient (Wildman–Crippen LogP) is 2.74. The van der Waals surface area contributed by atoms with Crippen molar-refractivity contribution < 1.29 is 9.47 Å². The summed E-state index contributed by atoms with van der Waals surface area (Å²) in [6.07, 6.45) is 1.02. The van der Waals surface area contributed by atoms with Crippen molar-refractivity contribution in [2.24, 2.45) is 5.92 Å². The lowest BCUT2D eigenvalue weighted by Crippen LogP contribution is -2.16. The molecule has 110 valence electrons. The largest absolute Gasteiger partial charge is 0.479 e. The van der Waals surface area contributed by atoms with Gasteiger partial charge in [0.15, 0.2) is 6.61 Å². The van der Waals surface area contributed by atoms with E-state index in [1.165, 1.54) is 5.56 Å². The van der Waals surface area contributed by atoms with Crippen LogP contribution in [0.1, 0.15) is 25.8 Å². The van der Waals surface area contributed by atoms with E-state index in [2.05, 4.69) is 19.2 Å². The Balaban J connectivity index is 2.08. The zero-order chi connectivity index (χ0) is 14.6. The van der Waals surface area contributed by atoms with Gasteiger partial charge >= 0.3 is 0 Å². The average Bonchev–Trinajstić information content (AvgIpc) is 2.45. The lowest BCUT2D eigenvalue weighted by Gasteiger charge is -2.08. The van der Waals surface area contributed by atoms with E-state index in [9.17, 15) is 0 Å². The molecule has 0 saturated carbocycles. The average molecular weight is 276 g/mol. The van der Waals surface area contributed by atoms with Gasteiger partial charge in [-0.05, 0) is 36.6 Å². The Morgan fingerprint density at radius 3 is 2.65 bits per heavy atom. The Bertz CT molecular complexity index is 396. The Labute approximate surface area is 121 Å². The fourth-order valence-corrected chi connectivity index (χ4v) is 1.67. The lowest BCUT2D eigenvalue weighted by molar-refractivity contribution is 0.108. The highest BCUT2D eigenvalue weighted by Crippen LogP contribution is 2.11. The molecule has 1 N–H and O–H groups in total. The van der Waals surface area contributed by atoms with Crippen LogP contribution in [0.15, 0.2) is 24.3 Å². The highest BCUT2D eigenvalue weighted by molar-refractivity contribution is 5.27. The fraction of sp³-hybridized carbons (Fsp3) is 0.562. The highest BCUT2D eigenvalue weighted by Gasteiger charge is 1.96. The normalized spacial score (nSPS) is 10.5. The minimum Gasteiger partial charge on any atom is -0.479 e. The summed E-state index contributed by atoms with van der Waals surface area (Å²) in [5.41, 5.74) is 1.21. The van der Waals surface area contributed by atoms with Crippen molar-refractivity contribution >= 4 is 0 Å². The van der Waals surface area contributed by atoms with Crippen LogP contribution in [0.3, 0.4) is 0 Å². The maximum atomic E-state index is 8.42. The first-order chi connectivity index (χ1) is 9.72. The first-order valence-corrected chi connectivity index (χ1v) is 7.09. The number of benzene rings is 1. The molecule has 0 heterocycles. The number of hydrogen-bond donors (Lipinski definition) is 1. The molecule has 0 aliphatic carbocycles. The van der Waals surface area contributed by atoms with Crippen LogP contribution in [0.25, 0.3) is 0 Å². The molecule has 0 bridgehead atoms. The van der Waals surface area contributed by atoms with Gasteiger partial charge < -0.3 is 14.8 Å². The monoisotopic (exact) mass is 276 g/mol. The second-order valence-corrected chi connectivity index (χ2v) is 5.09. The molecule has 0 aliphatic heterocycles. The van der Waals surface area contributed by atoms with Crippen LogP contribution < -0.4 is 10.1 Å². The molecule has 0 aromatic heterocycles. The third-order valence-electron chi connectivity index (χ3n) is 2.65. The second kappa shape index (κ2) is 10.2. The van der Waals surface area contributed by atoms with Crippen LogP contribution in [0.5, 0.6) is 5.75 Å². The molecule has 0 unspecified atom stereocenters. The van der Waals surface area contributed by atoms with Gasteiger partial charge in [-0.25, -0.2) is 0 Å². The van der Waals surface area contributed by atoms with Gasteiger partial charge in [0.05, 0.1) is 0 Å². The molecule has 20 heavy (non-hydrogen) atoms. The smallest absolute Gasteiger partial charge is 0.174 e. The topological polar surface area (TPSA) is 54.3 Å². The predicted molar refractivity (Wildman–Crippen MR) is 79.5 cm³/mol. The zero-order valence-electron chi connectivity index (χ0n) is 12.4. The molecule has 0 saturated heterocycles. The zero-order valence-corrected chi connectivity index (χ0v) is 12.4. The molecule has 1 aromatic carbocycles. The van der Waals surface area contributed by atoms with E-state index >= 15 is 0 Å². The van der Waals surface area contributed by atoms with Crippen molar-refractivity contribution in [1.82, 2.24) is 5.32 Å². The van der Waals surface area contributed by atoms with Gasteiger partial charge in [-0.15, -0.1) is 0 Å². The molecule has 4 heteroatoms. The SMILES string of the molecule is CC(C)COCCCNCc1ccc(OCC#N)cc1. The van der Waals surface area contributed by atoms with Crippen molar-refractivity contribution in [2.45, 2.75) is 26.8 Å². The van der Waals surface area contributed by atoms with Crippen molar-refractivity contribution in [3.05, 3.63) is 29.8 Å². The molecular weight excluding hydrogens is 252 g/mol. The third kappa shape index (κ3) is 7.78. The lowest BCUT2D eigenvalue weighted by atomic mass is 10.2. The van der Waals surface area contributed by atoms with Crippen LogP contribution in [0.2, 0.25) is 0 Å². The standard InChI is InChI=1S/C16H24N2O2/c1-14(2)13-19-10-3-9-18-12-15-4-6-16(7-5-15)20-11-8-17/h4-7,14,18H,3,9-13H2,1-2H3. The number of nitriles is 1. The molecule has 0 spiro atoms. The van der Waals surface area contributed by atoms with Gasteiger partial charge in [0, 0.05) is 19.8 Å². The highest BCUT2D eigenvalue weighted by atomic mass is 16.5. The molecule has 1 aromatic rings. The van der Waals surface area contributed by atoms with E-state index in [1.807, 2.05) is 30.3 Å². The number of nitrogens with one attached hydrogen (secondary N) is 1. The quantitative estimate of drug-likeness (QED) is 0.668. The van der Waals surface area contributed by atoms with Gasteiger partial charge in [0.1, 0.15) is 11.8 Å². The minimum absolute atomic E-state index is 0.0912. The van der Waals surface area contributed by atoms with E-state index in [0.717, 1.165) is 38.5 Å². The fourth-order valence-electron chi connectivity index (χ4n) is 1.67. The van der Waals surface area contributed by atoms with Crippen molar-refractivity contribution in [1.29, 1.82) is 5.26 Å². The number of hydrogen-bond acceptors (Lipinski definition) is 4.